The van der Waals surface area contributed by atoms with Gasteiger partial charge in [-0.1, -0.05) is 18.2 Å². The van der Waals surface area contributed by atoms with Gasteiger partial charge in [0.2, 0.25) is 5.95 Å². The second kappa shape index (κ2) is 7.76. The number of rotatable bonds is 6. The zero-order valence-corrected chi connectivity index (χ0v) is 18.2. The summed E-state index contributed by atoms with van der Waals surface area (Å²) in [4.78, 5) is 12.3. The molecule has 31 heavy (non-hydrogen) atoms. The number of aromatic amines is 1. The van der Waals surface area contributed by atoms with E-state index in [0.29, 0.717) is 11.8 Å². The summed E-state index contributed by atoms with van der Waals surface area (Å²) in [5, 5.41) is 21.6. The predicted octanol–water partition coefficient (Wildman–Crippen LogP) is 4.79. The lowest BCUT2D eigenvalue weighted by molar-refractivity contribution is 0.240. The second-order valence-corrected chi connectivity index (χ2v) is 9.75. The molecule has 1 saturated carbocycles. The number of thiophene rings is 1. The van der Waals surface area contributed by atoms with E-state index in [2.05, 4.69) is 50.7 Å². The highest BCUT2D eigenvalue weighted by Crippen LogP contribution is 2.41. The smallest absolute Gasteiger partial charge is 0.227 e. The van der Waals surface area contributed by atoms with Crippen molar-refractivity contribution in [3.63, 3.8) is 0 Å². The van der Waals surface area contributed by atoms with Gasteiger partial charge in [-0.3, -0.25) is 5.10 Å². The van der Waals surface area contributed by atoms with E-state index in [-0.39, 0.29) is 6.61 Å². The molecule has 1 aromatic carbocycles. The Bertz CT molecular complexity index is 1220. The van der Waals surface area contributed by atoms with Gasteiger partial charge in [0, 0.05) is 47.5 Å². The van der Waals surface area contributed by atoms with E-state index in [9.17, 15) is 5.11 Å². The molecule has 1 saturated heterocycles. The highest BCUT2D eigenvalue weighted by molar-refractivity contribution is 7.26. The number of aromatic nitrogens is 4. The lowest BCUT2D eigenvalue weighted by atomic mass is 9.94. The molecule has 3 aromatic heterocycles. The minimum Gasteiger partial charge on any atom is -0.396 e. The zero-order chi connectivity index (χ0) is 20.8. The van der Waals surface area contributed by atoms with E-state index in [1.54, 1.807) is 11.3 Å². The third kappa shape index (κ3) is 3.64. The highest BCUT2D eigenvalue weighted by atomic mass is 32.1. The molecular weight excluding hydrogens is 408 g/mol. The zero-order valence-electron chi connectivity index (χ0n) is 17.3. The molecule has 0 unspecified atom stereocenters. The molecule has 2 fully saturated rings. The molecule has 0 spiro atoms. The van der Waals surface area contributed by atoms with Crippen molar-refractivity contribution in [3.05, 3.63) is 36.0 Å². The van der Waals surface area contributed by atoms with Crippen molar-refractivity contribution in [3.8, 4) is 0 Å². The van der Waals surface area contributed by atoms with Crippen LogP contribution in [0.1, 0.15) is 43.7 Å². The normalized spacial score (nSPS) is 17.6. The number of aliphatic hydroxyl groups is 1. The minimum atomic E-state index is 0.272. The number of H-pyrrole nitrogens is 1. The fraction of sp³-hybridized carbons (Fsp3) is 0.435. The van der Waals surface area contributed by atoms with Gasteiger partial charge in [-0.15, -0.1) is 11.3 Å². The van der Waals surface area contributed by atoms with Gasteiger partial charge in [-0.25, -0.2) is 4.98 Å². The van der Waals surface area contributed by atoms with E-state index in [1.807, 2.05) is 0 Å². The van der Waals surface area contributed by atoms with Crippen LogP contribution in [-0.2, 0) is 0 Å². The second-order valence-electron chi connectivity index (χ2n) is 8.70. The summed E-state index contributed by atoms with van der Waals surface area (Å²) >= 11 is 1.72. The van der Waals surface area contributed by atoms with Crippen LogP contribution in [-0.4, -0.2) is 45.0 Å². The van der Waals surface area contributed by atoms with Crippen LogP contribution < -0.4 is 10.2 Å². The first-order chi connectivity index (χ1) is 15.3. The lowest BCUT2D eigenvalue weighted by Gasteiger charge is -2.32. The maximum Gasteiger partial charge on any atom is 0.227 e. The van der Waals surface area contributed by atoms with Crippen LogP contribution in [0.25, 0.3) is 20.3 Å². The Balaban J connectivity index is 1.38. The molecule has 1 aliphatic heterocycles. The third-order valence-electron chi connectivity index (χ3n) is 6.50. The largest absolute Gasteiger partial charge is 0.396 e. The average Bonchev–Trinajstić information content (AvgIpc) is 3.43. The first-order valence-corrected chi connectivity index (χ1v) is 12.0. The Morgan fingerprint density at radius 2 is 1.97 bits per heavy atom. The Hall–Kier alpha value is -2.71. The molecule has 3 N–H and O–H groups in total. The quantitative estimate of drug-likeness (QED) is 0.404. The van der Waals surface area contributed by atoms with Crippen LogP contribution in [0.5, 0.6) is 0 Å². The van der Waals surface area contributed by atoms with E-state index < -0.39 is 0 Å². The summed E-state index contributed by atoms with van der Waals surface area (Å²) in [7, 11) is 0. The maximum atomic E-state index is 9.26. The van der Waals surface area contributed by atoms with Crippen molar-refractivity contribution in [2.45, 2.75) is 38.0 Å². The number of anilines is 3. The standard InChI is InChI=1S/C23H26N6OS/c30-12-9-14-7-10-29(11-8-14)23-25-20-16-3-1-2-4-18(16)31-21(20)22(26-23)24-19-13-17(27-28-19)15-5-6-15/h1-4,13-15,30H,5-12H2,(H2,24,25,26,27,28). The van der Waals surface area contributed by atoms with Crippen LogP contribution >= 0.6 is 11.3 Å². The fourth-order valence-electron chi connectivity index (χ4n) is 4.53. The first-order valence-electron chi connectivity index (χ1n) is 11.2. The molecule has 7 nitrogen and oxygen atoms in total. The van der Waals surface area contributed by atoms with Crippen molar-refractivity contribution >= 4 is 49.2 Å². The maximum absolute atomic E-state index is 9.26. The number of aliphatic hydroxyl groups excluding tert-OH is 1. The fourth-order valence-corrected chi connectivity index (χ4v) is 5.62. The first kappa shape index (κ1) is 19.0. The molecule has 2 aliphatic rings. The van der Waals surface area contributed by atoms with Gasteiger partial charge in [0.25, 0.3) is 0 Å². The number of hydrogen-bond donors (Lipinski definition) is 3. The van der Waals surface area contributed by atoms with Gasteiger partial charge in [0.15, 0.2) is 11.6 Å². The molecule has 160 valence electrons. The number of nitrogens with one attached hydrogen (secondary N) is 2. The van der Waals surface area contributed by atoms with Crippen LogP contribution in [0, 0.1) is 5.92 Å². The number of benzene rings is 1. The van der Waals surface area contributed by atoms with Crippen LogP contribution in [0.3, 0.4) is 0 Å². The summed E-state index contributed by atoms with van der Waals surface area (Å²) in [6, 6.07) is 10.5. The van der Waals surface area contributed by atoms with Gasteiger partial charge < -0.3 is 15.3 Å². The Morgan fingerprint density at radius 1 is 1.13 bits per heavy atom. The van der Waals surface area contributed by atoms with Gasteiger partial charge in [-0.2, -0.15) is 10.1 Å². The molecule has 0 atom stereocenters. The molecule has 0 radical (unpaired) electrons. The summed E-state index contributed by atoms with van der Waals surface area (Å²) in [6.07, 6.45) is 5.51. The van der Waals surface area contributed by atoms with Crippen molar-refractivity contribution in [1.29, 1.82) is 0 Å². The number of hydrogen-bond acceptors (Lipinski definition) is 7. The Labute approximate surface area is 184 Å². The monoisotopic (exact) mass is 434 g/mol. The Kier molecular flexibility index (Phi) is 4.76. The summed E-state index contributed by atoms with van der Waals surface area (Å²) < 4.78 is 2.28. The third-order valence-corrected chi connectivity index (χ3v) is 7.67. The van der Waals surface area contributed by atoms with Gasteiger partial charge in [0.05, 0.1) is 10.2 Å². The van der Waals surface area contributed by atoms with Crippen LogP contribution in [0.4, 0.5) is 17.6 Å². The topological polar surface area (TPSA) is 90.0 Å². The lowest BCUT2D eigenvalue weighted by Crippen LogP contribution is -2.35. The van der Waals surface area contributed by atoms with E-state index in [4.69, 9.17) is 9.97 Å². The number of piperidine rings is 1. The molecule has 0 bridgehead atoms. The van der Waals surface area contributed by atoms with Crippen molar-refractivity contribution in [1.82, 2.24) is 20.2 Å². The van der Waals surface area contributed by atoms with Gasteiger partial charge in [0.1, 0.15) is 0 Å². The van der Waals surface area contributed by atoms with E-state index in [1.165, 1.54) is 28.6 Å². The SMILES string of the molecule is OCCC1CCN(c2nc(Nc3cc(C4CC4)[nH]n3)c3sc4ccccc4c3n2)CC1. The summed E-state index contributed by atoms with van der Waals surface area (Å²) in [5.74, 6) is 3.64. The number of nitrogens with zero attached hydrogens (tertiary/aromatic N) is 4. The van der Waals surface area contributed by atoms with Gasteiger partial charge in [-0.05, 0) is 44.1 Å². The predicted molar refractivity (Wildman–Crippen MR) is 125 cm³/mol. The highest BCUT2D eigenvalue weighted by Gasteiger charge is 2.26. The van der Waals surface area contributed by atoms with Crippen LogP contribution in [0.2, 0.25) is 0 Å². The molecule has 0 amide bonds. The average molecular weight is 435 g/mol. The molecular formula is C23H26N6OS. The van der Waals surface area contributed by atoms with Crippen molar-refractivity contribution < 1.29 is 5.11 Å². The Morgan fingerprint density at radius 3 is 2.77 bits per heavy atom. The molecule has 1 aliphatic carbocycles. The van der Waals surface area contributed by atoms with Crippen molar-refractivity contribution in [2.24, 2.45) is 5.92 Å². The summed E-state index contributed by atoms with van der Waals surface area (Å²) in [5.41, 5.74) is 2.21. The van der Waals surface area contributed by atoms with E-state index >= 15 is 0 Å². The molecule has 4 heterocycles. The summed E-state index contributed by atoms with van der Waals surface area (Å²) in [6.45, 7) is 2.12. The van der Waals surface area contributed by atoms with Gasteiger partial charge >= 0.3 is 0 Å². The molecule has 6 rings (SSSR count). The van der Waals surface area contributed by atoms with Crippen LogP contribution in [0.15, 0.2) is 30.3 Å². The molecule has 4 aromatic rings. The minimum absolute atomic E-state index is 0.272. The van der Waals surface area contributed by atoms with E-state index in [0.717, 1.165) is 60.2 Å². The number of fused-ring (bicyclic) bond motifs is 3. The van der Waals surface area contributed by atoms with Crippen molar-refractivity contribution in [2.75, 3.05) is 29.9 Å². The molecule has 8 heteroatoms.